The van der Waals surface area contributed by atoms with Gasteiger partial charge in [-0.1, -0.05) is 0 Å². The Kier molecular flexibility index (Phi) is 5.23. The Labute approximate surface area is 144 Å². The smallest absolute Gasteiger partial charge is 0.320 e. The Morgan fingerprint density at radius 1 is 1.29 bits per heavy atom. The summed E-state index contributed by atoms with van der Waals surface area (Å²) >= 11 is 1.56. The van der Waals surface area contributed by atoms with E-state index < -0.39 is 12.0 Å². The maximum absolute atomic E-state index is 13.0. The number of carboxylic acid groups (broad SMARTS) is 1. The molecule has 1 aliphatic heterocycles. The molecular formula is C17H20FN3O2S. The monoisotopic (exact) mass is 349 g/mol. The van der Waals surface area contributed by atoms with Gasteiger partial charge in [0.15, 0.2) is 0 Å². The molecule has 1 atom stereocenters. The third-order valence-corrected chi connectivity index (χ3v) is 5.28. The summed E-state index contributed by atoms with van der Waals surface area (Å²) in [6.07, 6.45) is 0. The molecule has 0 bridgehead atoms. The number of rotatable bonds is 5. The summed E-state index contributed by atoms with van der Waals surface area (Å²) < 4.78 is 13.0. The molecule has 2 aromatic rings. The van der Waals surface area contributed by atoms with Crippen LogP contribution in [0.3, 0.4) is 0 Å². The average Bonchev–Trinajstić information content (AvgIpc) is 3.04. The topological polar surface area (TPSA) is 56.7 Å². The molecule has 1 unspecified atom stereocenters. The Bertz CT molecular complexity index is 696. The summed E-state index contributed by atoms with van der Waals surface area (Å²) in [5.74, 6) is -1.02. The van der Waals surface area contributed by atoms with Gasteiger partial charge in [-0.05, 0) is 31.2 Å². The minimum atomic E-state index is -0.771. The number of thiazole rings is 1. The molecule has 1 aromatic heterocycles. The van der Waals surface area contributed by atoms with Gasteiger partial charge in [0, 0.05) is 43.7 Å². The van der Waals surface area contributed by atoms with Crippen LogP contribution in [0.1, 0.15) is 12.6 Å². The van der Waals surface area contributed by atoms with Crippen LogP contribution in [-0.4, -0.2) is 58.1 Å². The van der Waals surface area contributed by atoms with Crippen LogP contribution in [0, 0.1) is 5.82 Å². The fraction of sp³-hybridized carbons (Fsp3) is 0.412. The normalized spacial score (nSPS) is 17.8. The van der Waals surface area contributed by atoms with Crippen LogP contribution in [0.4, 0.5) is 4.39 Å². The maximum Gasteiger partial charge on any atom is 0.320 e. The summed E-state index contributed by atoms with van der Waals surface area (Å²) in [5, 5.41) is 12.0. The van der Waals surface area contributed by atoms with E-state index in [1.165, 1.54) is 12.1 Å². The van der Waals surface area contributed by atoms with Crippen molar-refractivity contribution in [2.75, 3.05) is 26.2 Å². The zero-order chi connectivity index (χ0) is 17.1. The lowest BCUT2D eigenvalue weighted by molar-refractivity contribution is -0.143. The molecule has 1 aromatic carbocycles. The van der Waals surface area contributed by atoms with Crippen LogP contribution in [0.5, 0.6) is 0 Å². The van der Waals surface area contributed by atoms with Crippen LogP contribution in [-0.2, 0) is 11.3 Å². The van der Waals surface area contributed by atoms with Crippen LogP contribution in [0.2, 0.25) is 0 Å². The lowest BCUT2D eigenvalue weighted by atomic mass is 10.2. The molecule has 24 heavy (non-hydrogen) atoms. The highest BCUT2D eigenvalue weighted by atomic mass is 32.1. The molecular weight excluding hydrogens is 329 g/mol. The van der Waals surface area contributed by atoms with E-state index in [2.05, 4.69) is 9.88 Å². The lowest BCUT2D eigenvalue weighted by Crippen LogP contribution is -2.51. The first-order valence-electron chi connectivity index (χ1n) is 7.92. The summed E-state index contributed by atoms with van der Waals surface area (Å²) in [6, 6.07) is 5.93. The van der Waals surface area contributed by atoms with E-state index in [9.17, 15) is 9.18 Å². The van der Waals surface area contributed by atoms with Crippen molar-refractivity contribution in [3.8, 4) is 10.6 Å². The third kappa shape index (κ3) is 3.98. The van der Waals surface area contributed by atoms with Crippen molar-refractivity contribution in [3.63, 3.8) is 0 Å². The molecule has 0 aliphatic carbocycles. The average molecular weight is 349 g/mol. The second kappa shape index (κ2) is 7.38. The van der Waals surface area contributed by atoms with Crippen molar-refractivity contribution in [2.45, 2.75) is 19.5 Å². The zero-order valence-corrected chi connectivity index (χ0v) is 14.3. The molecule has 3 rings (SSSR count). The van der Waals surface area contributed by atoms with Gasteiger partial charge in [-0.2, -0.15) is 0 Å². The molecule has 0 amide bonds. The number of hydrogen-bond donors (Lipinski definition) is 1. The van der Waals surface area contributed by atoms with Crippen molar-refractivity contribution in [1.82, 2.24) is 14.8 Å². The van der Waals surface area contributed by atoms with E-state index in [1.54, 1.807) is 30.4 Å². The van der Waals surface area contributed by atoms with Gasteiger partial charge < -0.3 is 5.11 Å². The molecule has 1 N–H and O–H groups in total. The number of nitrogens with zero attached hydrogens (tertiary/aromatic N) is 3. The Morgan fingerprint density at radius 3 is 2.58 bits per heavy atom. The van der Waals surface area contributed by atoms with Gasteiger partial charge in [-0.15, -0.1) is 11.3 Å². The summed E-state index contributed by atoms with van der Waals surface area (Å²) in [5.41, 5.74) is 1.92. The fourth-order valence-corrected chi connectivity index (χ4v) is 3.62. The van der Waals surface area contributed by atoms with Crippen LogP contribution in [0.25, 0.3) is 10.6 Å². The third-order valence-electron chi connectivity index (χ3n) is 4.34. The Morgan fingerprint density at radius 2 is 1.96 bits per heavy atom. The van der Waals surface area contributed by atoms with E-state index in [0.717, 1.165) is 49.0 Å². The number of benzene rings is 1. The highest BCUT2D eigenvalue weighted by molar-refractivity contribution is 7.13. The van der Waals surface area contributed by atoms with Gasteiger partial charge in [-0.3, -0.25) is 14.6 Å². The van der Waals surface area contributed by atoms with Crippen LogP contribution < -0.4 is 0 Å². The highest BCUT2D eigenvalue weighted by Crippen LogP contribution is 2.24. The number of aromatic nitrogens is 1. The second-order valence-electron chi connectivity index (χ2n) is 5.98. The van der Waals surface area contributed by atoms with E-state index in [1.807, 2.05) is 10.3 Å². The van der Waals surface area contributed by atoms with Gasteiger partial charge in [-0.25, -0.2) is 9.37 Å². The minimum absolute atomic E-state index is 0.246. The number of carbonyl (C=O) groups is 1. The molecule has 1 aliphatic rings. The molecule has 0 saturated carbocycles. The van der Waals surface area contributed by atoms with Crippen molar-refractivity contribution in [3.05, 3.63) is 41.2 Å². The fourth-order valence-electron chi connectivity index (χ4n) is 2.80. The molecule has 0 spiro atoms. The number of aliphatic carboxylic acids is 1. The molecule has 5 nitrogen and oxygen atoms in total. The maximum atomic E-state index is 13.0. The van der Waals surface area contributed by atoms with Crippen molar-refractivity contribution >= 4 is 17.3 Å². The number of carboxylic acids is 1. The largest absolute Gasteiger partial charge is 0.480 e. The van der Waals surface area contributed by atoms with Gasteiger partial charge in [0.2, 0.25) is 0 Å². The standard InChI is InChI=1S/C17H20FN3O2S/c1-12(17(22)23)21-8-6-20(7-9-21)10-15-11-24-16(19-15)13-2-4-14(18)5-3-13/h2-5,11-12H,6-10H2,1H3,(H,22,23). The quantitative estimate of drug-likeness (QED) is 0.899. The molecule has 0 radical (unpaired) electrons. The SMILES string of the molecule is CC(C(=O)O)N1CCN(Cc2csc(-c3ccc(F)cc3)n2)CC1. The van der Waals surface area contributed by atoms with Crippen LogP contribution in [0.15, 0.2) is 29.6 Å². The van der Waals surface area contributed by atoms with Gasteiger partial charge in [0.25, 0.3) is 0 Å². The molecule has 1 fully saturated rings. The van der Waals surface area contributed by atoms with Gasteiger partial charge in [0.05, 0.1) is 5.69 Å². The summed E-state index contributed by atoms with van der Waals surface area (Å²) in [4.78, 5) is 20.0. The first-order valence-corrected chi connectivity index (χ1v) is 8.80. The van der Waals surface area contributed by atoms with E-state index in [0.29, 0.717) is 0 Å². The second-order valence-corrected chi connectivity index (χ2v) is 6.84. The predicted octanol–water partition coefficient (Wildman–Crippen LogP) is 2.54. The molecule has 128 valence electrons. The number of halogens is 1. The summed E-state index contributed by atoms with van der Waals surface area (Å²) in [7, 11) is 0. The zero-order valence-electron chi connectivity index (χ0n) is 13.5. The van der Waals surface area contributed by atoms with Gasteiger partial charge >= 0.3 is 5.97 Å². The molecule has 7 heteroatoms. The number of hydrogen-bond acceptors (Lipinski definition) is 5. The minimum Gasteiger partial charge on any atom is -0.480 e. The predicted molar refractivity (Wildman–Crippen MR) is 91.5 cm³/mol. The van der Waals surface area contributed by atoms with Crippen LogP contribution >= 0.6 is 11.3 Å². The Balaban J connectivity index is 1.56. The lowest BCUT2D eigenvalue weighted by Gasteiger charge is -2.36. The van der Waals surface area contributed by atoms with Gasteiger partial charge in [0.1, 0.15) is 16.9 Å². The Hall–Kier alpha value is -1.83. The van der Waals surface area contributed by atoms with Crippen molar-refractivity contribution in [2.24, 2.45) is 0 Å². The first-order chi connectivity index (χ1) is 11.5. The first kappa shape index (κ1) is 17.0. The number of piperazine rings is 1. The van der Waals surface area contributed by atoms with E-state index >= 15 is 0 Å². The highest BCUT2D eigenvalue weighted by Gasteiger charge is 2.25. The van der Waals surface area contributed by atoms with E-state index in [4.69, 9.17) is 5.11 Å². The molecule has 2 heterocycles. The van der Waals surface area contributed by atoms with E-state index in [-0.39, 0.29) is 5.82 Å². The van der Waals surface area contributed by atoms with Crippen molar-refractivity contribution in [1.29, 1.82) is 0 Å². The van der Waals surface area contributed by atoms with Crippen molar-refractivity contribution < 1.29 is 14.3 Å². The summed E-state index contributed by atoms with van der Waals surface area (Å²) in [6.45, 7) is 5.66. The molecule has 1 saturated heterocycles.